The number of fused-ring (bicyclic) bond motifs is 1. The minimum absolute atomic E-state index is 0. The fraction of sp³-hybridized carbons (Fsp3) is 0. The normalized spacial score (nSPS) is 9.11. The van der Waals surface area contributed by atoms with Crippen LogP contribution in [-0.2, 0) is 0 Å². The number of carboxylic acids is 2. The van der Waals surface area contributed by atoms with Crippen molar-refractivity contribution in [2.75, 3.05) is 0 Å². The highest BCUT2D eigenvalue weighted by molar-refractivity contribution is 8.93. The molecule has 0 radical (unpaired) electrons. The highest BCUT2D eigenvalue weighted by Gasteiger charge is 2.13. The first-order valence-corrected chi connectivity index (χ1v) is 4.59. The van der Waals surface area contributed by atoms with Crippen molar-refractivity contribution in [2.24, 2.45) is 0 Å². The molecule has 0 saturated carbocycles. The Morgan fingerprint density at radius 3 is 1.33 bits per heavy atom. The number of benzene rings is 2. The van der Waals surface area contributed by atoms with Crippen LogP contribution in [0.1, 0.15) is 20.7 Å². The minimum atomic E-state index is -1.06. The minimum Gasteiger partial charge on any atom is -0.478 e. The molecule has 0 aromatic heterocycles. The van der Waals surface area contributed by atoms with Gasteiger partial charge in [-0.1, -0.05) is 24.3 Å². The zero-order chi connectivity index (χ0) is 11.7. The van der Waals surface area contributed by atoms with Gasteiger partial charge in [0.1, 0.15) is 0 Å². The molecule has 0 bridgehead atoms. The van der Waals surface area contributed by atoms with Gasteiger partial charge in [-0.2, -0.15) is 0 Å². The van der Waals surface area contributed by atoms with Gasteiger partial charge in [-0.25, -0.2) is 9.59 Å². The van der Waals surface area contributed by atoms with Gasteiger partial charge in [0.2, 0.25) is 0 Å². The molecule has 0 heterocycles. The van der Waals surface area contributed by atoms with Crippen LogP contribution in [0.4, 0.5) is 0 Å². The van der Waals surface area contributed by atoms with Gasteiger partial charge in [0.25, 0.3) is 0 Å². The van der Waals surface area contributed by atoms with E-state index in [9.17, 15) is 9.59 Å². The number of aromatic carboxylic acids is 2. The third kappa shape index (κ3) is 2.88. The maximum atomic E-state index is 10.9. The predicted molar refractivity (Wildman–Crippen MR) is 78.5 cm³/mol. The molecule has 18 heavy (non-hydrogen) atoms. The van der Waals surface area contributed by atoms with Crippen molar-refractivity contribution in [1.82, 2.24) is 0 Å². The van der Waals surface area contributed by atoms with Crippen molar-refractivity contribution in [3.05, 3.63) is 47.5 Å². The van der Waals surface area contributed by atoms with Crippen LogP contribution in [0.25, 0.3) is 10.8 Å². The lowest BCUT2D eigenvalue weighted by Crippen LogP contribution is -2.02. The van der Waals surface area contributed by atoms with Crippen molar-refractivity contribution in [3.8, 4) is 0 Å². The van der Waals surface area contributed by atoms with E-state index in [4.69, 9.17) is 10.2 Å². The van der Waals surface area contributed by atoms with Crippen molar-refractivity contribution >= 4 is 56.7 Å². The quantitative estimate of drug-likeness (QED) is 0.841. The number of halogens is 2. The lowest BCUT2D eigenvalue weighted by Gasteiger charge is -2.05. The summed E-state index contributed by atoms with van der Waals surface area (Å²) in [5.41, 5.74) is 0.223. The maximum Gasteiger partial charge on any atom is 0.336 e. The Morgan fingerprint density at radius 1 is 0.722 bits per heavy atom. The summed E-state index contributed by atoms with van der Waals surface area (Å²) < 4.78 is 0. The molecule has 0 spiro atoms. The largest absolute Gasteiger partial charge is 0.478 e. The van der Waals surface area contributed by atoms with Crippen molar-refractivity contribution in [1.29, 1.82) is 0 Å². The van der Waals surface area contributed by atoms with Gasteiger partial charge in [-0.05, 0) is 22.9 Å². The Labute approximate surface area is 124 Å². The summed E-state index contributed by atoms with van der Waals surface area (Å²) in [5, 5.41) is 18.8. The number of rotatable bonds is 2. The van der Waals surface area contributed by atoms with Crippen LogP contribution >= 0.6 is 34.0 Å². The lowest BCUT2D eigenvalue weighted by molar-refractivity contribution is 0.0684. The van der Waals surface area contributed by atoms with Crippen LogP contribution < -0.4 is 0 Å². The number of hydrogen-bond acceptors (Lipinski definition) is 2. The molecule has 2 rings (SSSR count). The molecule has 2 aromatic rings. The number of carbonyl (C=O) groups is 2. The molecular formula is C12H10Br2O4. The number of hydrogen-bond donors (Lipinski definition) is 2. The first-order valence-electron chi connectivity index (χ1n) is 4.59. The third-order valence-corrected chi connectivity index (χ3v) is 2.38. The highest BCUT2D eigenvalue weighted by Crippen LogP contribution is 2.22. The standard InChI is InChI=1S/C12H8O4.2BrH/c13-11(14)9-5-6-10(12(15)16)8-4-2-1-3-7(8)9;;/h1-6H,(H,13,14)(H,15,16);2*1H. The molecule has 0 aliphatic rings. The van der Waals surface area contributed by atoms with E-state index in [1.165, 1.54) is 12.1 Å². The lowest BCUT2D eigenvalue weighted by atomic mass is 10.00. The average molecular weight is 378 g/mol. The van der Waals surface area contributed by atoms with Crippen LogP contribution in [0, 0.1) is 0 Å². The van der Waals surface area contributed by atoms with Gasteiger partial charge in [-0.15, -0.1) is 34.0 Å². The first-order chi connectivity index (χ1) is 7.61. The molecule has 0 unspecified atom stereocenters. The summed E-state index contributed by atoms with van der Waals surface area (Å²) >= 11 is 0. The van der Waals surface area contributed by atoms with E-state index < -0.39 is 11.9 Å². The van der Waals surface area contributed by atoms with Crippen LogP contribution in [-0.4, -0.2) is 22.2 Å². The highest BCUT2D eigenvalue weighted by atomic mass is 79.9. The van der Waals surface area contributed by atoms with Crippen molar-refractivity contribution < 1.29 is 19.8 Å². The zero-order valence-electron chi connectivity index (χ0n) is 8.99. The second-order valence-electron chi connectivity index (χ2n) is 3.32. The Balaban J connectivity index is 0.00000144. The van der Waals surface area contributed by atoms with E-state index in [-0.39, 0.29) is 45.1 Å². The molecule has 6 heteroatoms. The molecule has 0 amide bonds. The van der Waals surface area contributed by atoms with Gasteiger partial charge in [0, 0.05) is 0 Å². The van der Waals surface area contributed by atoms with Gasteiger partial charge in [0.15, 0.2) is 0 Å². The van der Waals surface area contributed by atoms with Gasteiger partial charge in [0.05, 0.1) is 11.1 Å². The van der Waals surface area contributed by atoms with Gasteiger partial charge < -0.3 is 10.2 Å². The molecule has 96 valence electrons. The first kappa shape index (κ1) is 16.6. The Morgan fingerprint density at radius 2 is 1.06 bits per heavy atom. The van der Waals surface area contributed by atoms with Crippen LogP contribution in [0.5, 0.6) is 0 Å². The summed E-state index contributed by atoms with van der Waals surface area (Å²) in [5.74, 6) is -2.12. The fourth-order valence-corrected chi connectivity index (χ4v) is 1.67. The summed E-state index contributed by atoms with van der Waals surface area (Å²) in [4.78, 5) is 21.9. The Kier molecular flexibility index (Phi) is 6.00. The second-order valence-corrected chi connectivity index (χ2v) is 3.32. The molecule has 0 saturated heterocycles. The van der Waals surface area contributed by atoms with Crippen LogP contribution in [0.2, 0.25) is 0 Å². The van der Waals surface area contributed by atoms with Crippen molar-refractivity contribution in [3.63, 3.8) is 0 Å². The molecule has 0 atom stereocenters. The van der Waals surface area contributed by atoms with Gasteiger partial charge >= 0.3 is 11.9 Å². The Bertz CT molecular complexity index is 543. The molecule has 0 aliphatic heterocycles. The molecule has 2 N–H and O–H groups in total. The van der Waals surface area contributed by atoms with E-state index in [1.807, 2.05) is 0 Å². The van der Waals surface area contributed by atoms with E-state index >= 15 is 0 Å². The molecule has 0 fully saturated rings. The van der Waals surface area contributed by atoms with Gasteiger partial charge in [-0.3, -0.25) is 0 Å². The van der Waals surface area contributed by atoms with E-state index in [0.717, 1.165) is 0 Å². The summed E-state index contributed by atoms with van der Waals surface area (Å²) in [6, 6.07) is 9.19. The maximum absolute atomic E-state index is 10.9. The number of carboxylic acid groups (broad SMARTS) is 2. The summed E-state index contributed by atoms with van der Waals surface area (Å²) in [6.45, 7) is 0. The van der Waals surface area contributed by atoms with E-state index in [2.05, 4.69) is 0 Å². The SMILES string of the molecule is Br.Br.O=C(O)c1ccc(C(=O)O)c2ccccc12. The van der Waals surface area contributed by atoms with Crippen molar-refractivity contribution in [2.45, 2.75) is 0 Å². The van der Waals surface area contributed by atoms with E-state index in [0.29, 0.717) is 10.8 Å². The summed E-state index contributed by atoms with van der Waals surface area (Å²) in [7, 11) is 0. The molecule has 2 aromatic carbocycles. The topological polar surface area (TPSA) is 74.6 Å². The fourth-order valence-electron chi connectivity index (χ4n) is 1.67. The Hall–Kier alpha value is -1.40. The third-order valence-electron chi connectivity index (χ3n) is 2.38. The average Bonchev–Trinajstić information content (AvgIpc) is 2.27. The summed E-state index contributed by atoms with van der Waals surface area (Å²) in [6.07, 6.45) is 0. The smallest absolute Gasteiger partial charge is 0.336 e. The monoisotopic (exact) mass is 376 g/mol. The zero-order valence-corrected chi connectivity index (χ0v) is 12.4. The molecule has 4 nitrogen and oxygen atoms in total. The molecule has 0 aliphatic carbocycles. The van der Waals surface area contributed by atoms with E-state index in [1.54, 1.807) is 24.3 Å². The molecular weight excluding hydrogens is 368 g/mol. The van der Waals surface area contributed by atoms with Crippen LogP contribution in [0.3, 0.4) is 0 Å². The van der Waals surface area contributed by atoms with Crippen LogP contribution in [0.15, 0.2) is 36.4 Å². The second kappa shape index (κ2) is 6.51. The predicted octanol–water partition coefficient (Wildman–Crippen LogP) is 3.39.